The van der Waals surface area contributed by atoms with Crippen molar-refractivity contribution in [1.82, 2.24) is 0 Å². The summed E-state index contributed by atoms with van der Waals surface area (Å²) in [6.07, 6.45) is 0. The summed E-state index contributed by atoms with van der Waals surface area (Å²) in [5.41, 5.74) is 3.61. The Morgan fingerprint density at radius 3 is 2.03 bits per heavy atom. The van der Waals surface area contributed by atoms with Gasteiger partial charge in [0.05, 0.1) is 0 Å². The second kappa shape index (κ2) is 11.5. The minimum atomic E-state index is -0.513. The number of rotatable bonds is 7. The third kappa shape index (κ3) is 6.67. The first-order chi connectivity index (χ1) is 16.9. The molecule has 0 radical (unpaired) electrons. The fraction of sp³-hybridized carbons (Fsp3) is 0.0714. The van der Waals surface area contributed by atoms with Gasteiger partial charge >= 0.3 is 0 Å². The number of amides is 2. The predicted octanol–water partition coefficient (Wildman–Crippen LogP) is 8.03. The average molecular weight is 521 g/mol. The molecule has 0 aliphatic heterocycles. The van der Waals surface area contributed by atoms with Crippen LogP contribution in [0.4, 0.5) is 11.4 Å². The standard InChI is InChI=1S/C28H22Cl2N2O2S/c1-18-7-5-6-10-25(18)27(33)31-22-11-13-24(14-12-22)35-26(19-8-3-2-4-9-19)28(34)32-23-16-20(29)15-21(30)17-23/h2-17,26H,1H3,(H,31,33)(H,32,34). The Labute approximate surface area is 218 Å². The molecule has 176 valence electrons. The Hall–Kier alpha value is -3.25. The van der Waals surface area contributed by atoms with Crippen molar-refractivity contribution in [3.05, 3.63) is 124 Å². The Morgan fingerprint density at radius 2 is 1.37 bits per heavy atom. The smallest absolute Gasteiger partial charge is 0.255 e. The van der Waals surface area contributed by atoms with Gasteiger partial charge in [-0.15, -0.1) is 11.8 Å². The third-order valence-electron chi connectivity index (χ3n) is 5.23. The Kier molecular flexibility index (Phi) is 8.13. The molecule has 1 atom stereocenters. The molecule has 4 nitrogen and oxygen atoms in total. The second-order valence-corrected chi connectivity index (χ2v) is 9.90. The second-order valence-electron chi connectivity index (χ2n) is 7.85. The summed E-state index contributed by atoms with van der Waals surface area (Å²) in [6.45, 7) is 1.90. The lowest BCUT2D eigenvalue weighted by Crippen LogP contribution is -2.19. The number of hydrogen-bond acceptors (Lipinski definition) is 3. The van der Waals surface area contributed by atoms with Gasteiger partial charge in [-0.25, -0.2) is 0 Å². The SMILES string of the molecule is Cc1ccccc1C(=O)Nc1ccc(SC(C(=O)Nc2cc(Cl)cc(Cl)c2)c2ccccc2)cc1. The van der Waals surface area contributed by atoms with E-state index in [1.165, 1.54) is 11.8 Å². The van der Waals surface area contributed by atoms with Crippen LogP contribution in [0.5, 0.6) is 0 Å². The van der Waals surface area contributed by atoms with Crippen LogP contribution in [0, 0.1) is 6.92 Å². The van der Waals surface area contributed by atoms with Crippen LogP contribution in [0.1, 0.15) is 26.7 Å². The molecule has 0 aromatic heterocycles. The van der Waals surface area contributed by atoms with Crippen molar-refractivity contribution < 1.29 is 9.59 Å². The predicted molar refractivity (Wildman–Crippen MR) is 146 cm³/mol. The van der Waals surface area contributed by atoms with Crippen molar-refractivity contribution in [1.29, 1.82) is 0 Å². The number of carbonyl (C=O) groups excluding carboxylic acids is 2. The molecule has 35 heavy (non-hydrogen) atoms. The summed E-state index contributed by atoms with van der Waals surface area (Å²) in [5.74, 6) is -0.360. The van der Waals surface area contributed by atoms with E-state index in [9.17, 15) is 9.59 Å². The lowest BCUT2D eigenvalue weighted by atomic mass is 10.1. The summed E-state index contributed by atoms with van der Waals surface area (Å²) >= 11 is 13.6. The van der Waals surface area contributed by atoms with Crippen LogP contribution in [0.3, 0.4) is 0 Å². The number of anilines is 2. The monoisotopic (exact) mass is 520 g/mol. The summed E-state index contributed by atoms with van der Waals surface area (Å²) in [7, 11) is 0. The zero-order valence-electron chi connectivity index (χ0n) is 18.8. The van der Waals surface area contributed by atoms with Gasteiger partial charge in [-0.1, -0.05) is 71.7 Å². The minimum Gasteiger partial charge on any atom is -0.325 e. The van der Waals surface area contributed by atoms with Crippen LogP contribution in [-0.4, -0.2) is 11.8 Å². The van der Waals surface area contributed by atoms with Crippen LogP contribution in [0.2, 0.25) is 10.0 Å². The van der Waals surface area contributed by atoms with Crippen LogP contribution < -0.4 is 10.6 Å². The number of halogens is 2. The Morgan fingerprint density at radius 1 is 0.743 bits per heavy atom. The van der Waals surface area contributed by atoms with E-state index in [4.69, 9.17) is 23.2 Å². The normalized spacial score (nSPS) is 11.5. The number of aryl methyl sites for hydroxylation is 1. The molecule has 0 saturated heterocycles. The number of thioether (sulfide) groups is 1. The molecule has 0 fully saturated rings. The number of nitrogens with one attached hydrogen (secondary N) is 2. The summed E-state index contributed by atoms with van der Waals surface area (Å²) in [5, 5.41) is 6.22. The van der Waals surface area contributed by atoms with Crippen molar-refractivity contribution in [2.24, 2.45) is 0 Å². The fourth-order valence-corrected chi connectivity index (χ4v) is 5.06. The molecule has 0 aliphatic carbocycles. The molecule has 0 spiro atoms. The van der Waals surface area contributed by atoms with Gasteiger partial charge in [0.25, 0.3) is 5.91 Å². The molecular formula is C28H22Cl2N2O2S. The van der Waals surface area contributed by atoms with Crippen LogP contribution >= 0.6 is 35.0 Å². The highest BCUT2D eigenvalue weighted by atomic mass is 35.5. The van der Waals surface area contributed by atoms with Gasteiger partial charge in [-0.05, 0) is 66.6 Å². The van der Waals surface area contributed by atoms with E-state index in [0.717, 1.165) is 16.0 Å². The molecule has 1 unspecified atom stereocenters. The quantitative estimate of drug-likeness (QED) is 0.242. The highest BCUT2D eigenvalue weighted by Gasteiger charge is 2.22. The number of carbonyl (C=O) groups is 2. The molecule has 2 N–H and O–H groups in total. The molecule has 4 rings (SSSR count). The first-order valence-electron chi connectivity index (χ1n) is 10.8. The molecule has 0 saturated carbocycles. The van der Waals surface area contributed by atoms with E-state index in [1.807, 2.05) is 79.7 Å². The molecule has 0 aliphatic rings. The Bertz CT molecular complexity index is 1320. The van der Waals surface area contributed by atoms with E-state index < -0.39 is 5.25 Å². The first kappa shape index (κ1) is 24.9. The summed E-state index contributed by atoms with van der Waals surface area (Å²) in [6, 6.07) is 29.3. The maximum Gasteiger partial charge on any atom is 0.255 e. The zero-order chi connectivity index (χ0) is 24.8. The molecule has 2 amide bonds. The van der Waals surface area contributed by atoms with Gasteiger partial charge in [-0.2, -0.15) is 0 Å². The fourth-order valence-electron chi connectivity index (χ4n) is 3.51. The lowest BCUT2D eigenvalue weighted by molar-refractivity contribution is -0.115. The van der Waals surface area contributed by atoms with Gasteiger partial charge < -0.3 is 10.6 Å². The van der Waals surface area contributed by atoms with E-state index in [2.05, 4.69) is 10.6 Å². The number of benzene rings is 4. The lowest BCUT2D eigenvalue weighted by Gasteiger charge is -2.18. The highest BCUT2D eigenvalue weighted by Crippen LogP contribution is 2.37. The number of hydrogen-bond donors (Lipinski definition) is 2. The van der Waals surface area contributed by atoms with Crippen LogP contribution in [0.25, 0.3) is 0 Å². The highest BCUT2D eigenvalue weighted by molar-refractivity contribution is 8.00. The van der Waals surface area contributed by atoms with E-state index >= 15 is 0 Å². The molecular weight excluding hydrogens is 499 g/mol. The van der Waals surface area contributed by atoms with E-state index in [-0.39, 0.29) is 11.8 Å². The van der Waals surface area contributed by atoms with Crippen molar-refractivity contribution in [2.45, 2.75) is 17.1 Å². The van der Waals surface area contributed by atoms with Gasteiger partial charge in [0.15, 0.2) is 0 Å². The van der Waals surface area contributed by atoms with Gasteiger partial charge in [0.1, 0.15) is 5.25 Å². The van der Waals surface area contributed by atoms with Crippen molar-refractivity contribution >= 4 is 58.2 Å². The first-order valence-corrected chi connectivity index (χ1v) is 12.5. The van der Waals surface area contributed by atoms with E-state index in [0.29, 0.717) is 27.0 Å². The Balaban J connectivity index is 1.50. The van der Waals surface area contributed by atoms with Crippen molar-refractivity contribution in [3.8, 4) is 0 Å². The maximum atomic E-state index is 13.3. The van der Waals surface area contributed by atoms with Crippen LogP contribution in [0.15, 0.2) is 102 Å². The summed E-state index contributed by atoms with van der Waals surface area (Å²) in [4.78, 5) is 26.8. The largest absolute Gasteiger partial charge is 0.325 e. The minimum absolute atomic E-state index is 0.162. The third-order valence-corrected chi connectivity index (χ3v) is 6.93. The van der Waals surface area contributed by atoms with Gasteiger partial charge in [0, 0.05) is 31.9 Å². The zero-order valence-corrected chi connectivity index (χ0v) is 21.1. The van der Waals surface area contributed by atoms with Gasteiger partial charge in [-0.3, -0.25) is 9.59 Å². The molecule has 0 bridgehead atoms. The molecule has 4 aromatic rings. The summed E-state index contributed by atoms with van der Waals surface area (Å²) < 4.78 is 0. The van der Waals surface area contributed by atoms with E-state index in [1.54, 1.807) is 24.3 Å². The molecule has 7 heteroatoms. The molecule has 0 heterocycles. The topological polar surface area (TPSA) is 58.2 Å². The maximum absolute atomic E-state index is 13.3. The van der Waals surface area contributed by atoms with Gasteiger partial charge in [0.2, 0.25) is 5.91 Å². The van der Waals surface area contributed by atoms with Crippen molar-refractivity contribution in [3.63, 3.8) is 0 Å². The van der Waals surface area contributed by atoms with Crippen LogP contribution in [-0.2, 0) is 4.79 Å². The average Bonchev–Trinajstić information content (AvgIpc) is 2.83. The molecule has 4 aromatic carbocycles. The van der Waals surface area contributed by atoms with Crippen molar-refractivity contribution in [2.75, 3.05) is 10.6 Å².